The molecular weight excluding hydrogens is 140 g/mol. The van der Waals surface area contributed by atoms with Crippen molar-refractivity contribution in [3.8, 4) is 0 Å². The Labute approximate surface area is 67.9 Å². The van der Waals surface area contributed by atoms with E-state index in [1.165, 1.54) is 12.8 Å². The lowest BCUT2D eigenvalue weighted by Crippen LogP contribution is -2.37. The maximum Gasteiger partial charge on any atom is 0.155 e. The highest BCUT2D eigenvalue weighted by Crippen LogP contribution is 2.37. The second-order valence-electron chi connectivity index (χ2n) is 3.79. The van der Waals surface area contributed by atoms with Crippen LogP contribution in [0.3, 0.4) is 0 Å². The zero-order valence-corrected chi connectivity index (χ0v) is 7.25. The van der Waals surface area contributed by atoms with Crippen molar-refractivity contribution >= 4 is 0 Å². The first kappa shape index (κ1) is 7.56. The average molecular weight is 156 g/mol. The van der Waals surface area contributed by atoms with Gasteiger partial charge >= 0.3 is 0 Å². The van der Waals surface area contributed by atoms with Crippen LogP contribution in [0.15, 0.2) is 0 Å². The van der Waals surface area contributed by atoms with E-state index in [1.807, 2.05) is 6.92 Å². The summed E-state index contributed by atoms with van der Waals surface area (Å²) in [5, 5.41) is 0. The zero-order chi connectivity index (χ0) is 7.84. The van der Waals surface area contributed by atoms with E-state index in [-0.39, 0.29) is 6.29 Å². The van der Waals surface area contributed by atoms with E-state index in [0.717, 1.165) is 12.5 Å². The molecule has 2 aliphatic rings. The van der Waals surface area contributed by atoms with E-state index in [9.17, 15) is 0 Å². The molecule has 11 heavy (non-hydrogen) atoms. The fraction of sp³-hybridized carbons (Fsp3) is 1.00. The minimum absolute atomic E-state index is 0.0292. The molecule has 2 heteroatoms. The summed E-state index contributed by atoms with van der Waals surface area (Å²) in [5.41, 5.74) is 0. The molecule has 0 spiro atoms. The topological polar surface area (TPSA) is 18.5 Å². The van der Waals surface area contributed by atoms with Gasteiger partial charge in [0.1, 0.15) is 0 Å². The molecule has 1 unspecified atom stereocenters. The average Bonchev–Trinajstić information content (AvgIpc) is 2.32. The molecule has 0 aromatic heterocycles. The number of hydrogen-bond acceptors (Lipinski definition) is 2. The Morgan fingerprint density at radius 1 is 1.18 bits per heavy atom. The van der Waals surface area contributed by atoms with Gasteiger partial charge in [-0.3, -0.25) is 0 Å². The molecule has 1 aliphatic carbocycles. The second-order valence-corrected chi connectivity index (χ2v) is 3.79. The van der Waals surface area contributed by atoms with Gasteiger partial charge in [-0.2, -0.15) is 0 Å². The summed E-state index contributed by atoms with van der Waals surface area (Å²) in [4.78, 5) is 0. The van der Waals surface area contributed by atoms with Crippen LogP contribution < -0.4 is 0 Å². The third-order valence-electron chi connectivity index (χ3n) is 3.00. The van der Waals surface area contributed by atoms with Crippen molar-refractivity contribution in [1.82, 2.24) is 0 Å². The van der Waals surface area contributed by atoms with Crippen LogP contribution in [0.1, 0.15) is 26.7 Å². The Morgan fingerprint density at radius 2 is 2.00 bits per heavy atom. The summed E-state index contributed by atoms with van der Waals surface area (Å²) in [6.45, 7) is 5.19. The first-order valence-corrected chi connectivity index (χ1v) is 4.54. The summed E-state index contributed by atoms with van der Waals surface area (Å²) in [6, 6.07) is 0. The monoisotopic (exact) mass is 156 g/mol. The van der Waals surface area contributed by atoms with Crippen LogP contribution in [-0.2, 0) is 9.47 Å². The molecule has 1 heterocycles. The molecule has 2 fully saturated rings. The molecule has 0 aromatic rings. The summed E-state index contributed by atoms with van der Waals surface area (Å²) in [6.07, 6.45) is 3.07. The van der Waals surface area contributed by atoms with Crippen molar-refractivity contribution in [2.45, 2.75) is 39.1 Å². The van der Waals surface area contributed by atoms with E-state index in [0.29, 0.717) is 12.0 Å². The molecule has 2 nitrogen and oxygen atoms in total. The standard InChI is InChI=1S/C9H16O2/c1-6-3-4-9-8(6)5-10-7(2)11-9/h6-9H,3-5H2,1-2H3/t6?,7-,8-,9-/m0/s1. The third kappa shape index (κ3) is 1.30. The van der Waals surface area contributed by atoms with Gasteiger partial charge in [-0.25, -0.2) is 0 Å². The lowest BCUT2D eigenvalue weighted by molar-refractivity contribution is -0.223. The number of fused-ring (bicyclic) bond motifs is 1. The van der Waals surface area contributed by atoms with Crippen LogP contribution >= 0.6 is 0 Å². The quantitative estimate of drug-likeness (QED) is 0.532. The van der Waals surface area contributed by atoms with Gasteiger partial charge in [0, 0.05) is 5.92 Å². The molecular formula is C9H16O2. The Balaban J connectivity index is 2.00. The van der Waals surface area contributed by atoms with Crippen LogP contribution in [-0.4, -0.2) is 19.0 Å². The fourth-order valence-corrected chi connectivity index (χ4v) is 2.19. The van der Waals surface area contributed by atoms with E-state index < -0.39 is 0 Å². The highest BCUT2D eigenvalue weighted by molar-refractivity contribution is 4.85. The molecule has 0 amide bonds. The lowest BCUT2D eigenvalue weighted by atomic mass is 9.97. The van der Waals surface area contributed by atoms with Crippen molar-refractivity contribution in [2.24, 2.45) is 11.8 Å². The van der Waals surface area contributed by atoms with Crippen molar-refractivity contribution < 1.29 is 9.47 Å². The third-order valence-corrected chi connectivity index (χ3v) is 3.00. The summed E-state index contributed by atoms with van der Waals surface area (Å²) in [5.74, 6) is 1.47. The van der Waals surface area contributed by atoms with Gasteiger partial charge in [-0.1, -0.05) is 6.92 Å². The summed E-state index contributed by atoms with van der Waals surface area (Å²) >= 11 is 0. The van der Waals surface area contributed by atoms with E-state index >= 15 is 0 Å². The van der Waals surface area contributed by atoms with Crippen LogP contribution in [0.2, 0.25) is 0 Å². The number of ether oxygens (including phenoxy) is 2. The van der Waals surface area contributed by atoms with Crippen LogP contribution in [0.4, 0.5) is 0 Å². The van der Waals surface area contributed by atoms with Crippen LogP contribution in [0.5, 0.6) is 0 Å². The minimum atomic E-state index is 0.0292. The van der Waals surface area contributed by atoms with Gasteiger partial charge in [-0.15, -0.1) is 0 Å². The highest BCUT2D eigenvalue weighted by Gasteiger charge is 2.38. The largest absolute Gasteiger partial charge is 0.353 e. The van der Waals surface area contributed by atoms with E-state index in [4.69, 9.17) is 9.47 Å². The first-order chi connectivity index (χ1) is 5.27. The molecule has 0 N–H and O–H groups in total. The Bertz CT molecular complexity index is 146. The van der Waals surface area contributed by atoms with E-state index in [2.05, 4.69) is 6.92 Å². The van der Waals surface area contributed by atoms with Crippen molar-refractivity contribution in [3.05, 3.63) is 0 Å². The van der Waals surface area contributed by atoms with Gasteiger partial charge < -0.3 is 9.47 Å². The van der Waals surface area contributed by atoms with Gasteiger partial charge in [0.15, 0.2) is 6.29 Å². The fourth-order valence-electron chi connectivity index (χ4n) is 2.19. The Morgan fingerprint density at radius 3 is 2.82 bits per heavy atom. The van der Waals surface area contributed by atoms with Gasteiger partial charge in [0.25, 0.3) is 0 Å². The van der Waals surface area contributed by atoms with Gasteiger partial charge in [-0.05, 0) is 25.7 Å². The normalized spacial score (nSPS) is 50.7. The van der Waals surface area contributed by atoms with Crippen molar-refractivity contribution in [2.75, 3.05) is 6.61 Å². The number of rotatable bonds is 0. The minimum Gasteiger partial charge on any atom is -0.353 e. The predicted molar refractivity (Wildman–Crippen MR) is 42.2 cm³/mol. The molecule has 4 atom stereocenters. The van der Waals surface area contributed by atoms with Crippen molar-refractivity contribution in [1.29, 1.82) is 0 Å². The molecule has 2 rings (SSSR count). The molecule has 64 valence electrons. The molecule has 0 radical (unpaired) electrons. The SMILES string of the molecule is CC1CC[C@@H]2O[C@@H](C)OC[C@@H]12. The summed E-state index contributed by atoms with van der Waals surface area (Å²) < 4.78 is 11.1. The Hall–Kier alpha value is -0.0800. The van der Waals surface area contributed by atoms with Crippen LogP contribution in [0.25, 0.3) is 0 Å². The second kappa shape index (κ2) is 2.76. The van der Waals surface area contributed by atoms with Crippen LogP contribution in [0, 0.1) is 11.8 Å². The molecule has 0 aromatic carbocycles. The zero-order valence-electron chi connectivity index (χ0n) is 7.25. The maximum absolute atomic E-state index is 5.66. The maximum atomic E-state index is 5.66. The number of hydrogen-bond donors (Lipinski definition) is 0. The first-order valence-electron chi connectivity index (χ1n) is 4.54. The van der Waals surface area contributed by atoms with Gasteiger partial charge in [0.05, 0.1) is 12.7 Å². The lowest BCUT2D eigenvalue weighted by Gasteiger charge is -2.32. The smallest absolute Gasteiger partial charge is 0.155 e. The molecule has 1 saturated heterocycles. The summed E-state index contributed by atoms with van der Waals surface area (Å²) in [7, 11) is 0. The van der Waals surface area contributed by atoms with E-state index in [1.54, 1.807) is 0 Å². The molecule has 1 saturated carbocycles. The predicted octanol–water partition coefficient (Wildman–Crippen LogP) is 1.79. The Kier molecular flexibility index (Phi) is 1.90. The van der Waals surface area contributed by atoms with Crippen molar-refractivity contribution in [3.63, 3.8) is 0 Å². The molecule has 1 aliphatic heterocycles. The highest BCUT2D eigenvalue weighted by atomic mass is 16.7. The van der Waals surface area contributed by atoms with Gasteiger partial charge in [0.2, 0.25) is 0 Å². The molecule has 0 bridgehead atoms.